The maximum Gasteiger partial charge on any atom is 0.126 e. The minimum atomic E-state index is 0.494. The number of hydrogen-bond acceptors (Lipinski definition) is 5. The average Bonchev–Trinajstić information content (AvgIpc) is 3.46. The molecule has 4 aromatic heterocycles. The Morgan fingerprint density at radius 1 is 1.11 bits per heavy atom. The zero-order valence-electron chi connectivity index (χ0n) is 14.4. The Labute approximate surface area is 163 Å². The van der Waals surface area contributed by atoms with Crippen LogP contribution in [0.5, 0.6) is 0 Å². The van der Waals surface area contributed by atoms with Crippen LogP contribution in [0, 0.1) is 23.2 Å². The van der Waals surface area contributed by atoms with E-state index in [1.54, 1.807) is 18.6 Å². The molecule has 0 saturated carbocycles. The summed E-state index contributed by atoms with van der Waals surface area (Å²) in [5.74, 6) is 6.21. The largest absolute Gasteiger partial charge is 0.361 e. The van der Waals surface area contributed by atoms with E-state index in [0.717, 1.165) is 42.9 Å². The Bertz CT molecular complexity index is 1410. The molecule has 0 amide bonds. The third-order valence-corrected chi connectivity index (χ3v) is 5.29. The van der Waals surface area contributed by atoms with Gasteiger partial charge in [0.1, 0.15) is 10.9 Å². The number of anilines is 2. The third-order valence-electron chi connectivity index (χ3n) is 4.33. The molecule has 0 aliphatic rings. The van der Waals surface area contributed by atoms with E-state index >= 15 is 0 Å². The first-order valence-electron chi connectivity index (χ1n) is 8.48. The van der Waals surface area contributed by atoms with E-state index < -0.39 is 0 Å². The Balaban J connectivity index is 1.58. The fourth-order valence-corrected chi connectivity index (χ4v) is 3.86. The van der Waals surface area contributed by atoms with Crippen molar-refractivity contribution in [3.8, 4) is 17.9 Å². The van der Waals surface area contributed by atoms with Gasteiger partial charge in [0, 0.05) is 40.6 Å². The molecule has 0 bridgehead atoms. The number of aromatic nitrogens is 4. The molecule has 7 heteroatoms. The van der Waals surface area contributed by atoms with Crippen molar-refractivity contribution in [3.63, 3.8) is 0 Å². The van der Waals surface area contributed by atoms with Crippen LogP contribution < -0.4 is 5.32 Å². The van der Waals surface area contributed by atoms with Gasteiger partial charge in [-0.05, 0) is 30.3 Å². The molecule has 5 rings (SSSR count). The SMILES string of the molecule is N#Cc1cnc2sc(C#Cc3cn[nH]c3)cc2c1Nc1ccc2[nH]ccc2c1. The van der Waals surface area contributed by atoms with Crippen LogP contribution in [0.1, 0.15) is 16.0 Å². The highest BCUT2D eigenvalue weighted by molar-refractivity contribution is 7.19. The topological polar surface area (TPSA) is 93.2 Å². The standard InChI is InChI=1S/C21H12N6S/c22-9-15-12-24-21-18(8-17(28-21)3-1-13-10-25-26-11-13)20(15)27-16-2-4-19-14(7-16)5-6-23-19/h2,4-8,10-12,23H,(H,24,27)(H,25,26). The Morgan fingerprint density at radius 3 is 2.93 bits per heavy atom. The van der Waals surface area contributed by atoms with Gasteiger partial charge in [0.15, 0.2) is 0 Å². The molecule has 132 valence electrons. The van der Waals surface area contributed by atoms with Crippen LogP contribution in [0.15, 0.2) is 55.1 Å². The number of rotatable bonds is 2. The lowest BCUT2D eigenvalue weighted by Gasteiger charge is -2.09. The Morgan fingerprint density at radius 2 is 2.07 bits per heavy atom. The average molecular weight is 380 g/mol. The molecular formula is C21H12N6S. The predicted molar refractivity (Wildman–Crippen MR) is 110 cm³/mol. The number of hydrogen-bond donors (Lipinski definition) is 3. The van der Waals surface area contributed by atoms with E-state index in [9.17, 15) is 5.26 Å². The number of fused-ring (bicyclic) bond motifs is 2. The number of benzene rings is 1. The fourth-order valence-electron chi connectivity index (χ4n) is 3.00. The summed E-state index contributed by atoms with van der Waals surface area (Å²) in [5, 5.41) is 21.6. The van der Waals surface area contributed by atoms with Crippen LogP contribution in [0.3, 0.4) is 0 Å². The van der Waals surface area contributed by atoms with Crippen molar-refractivity contribution in [1.29, 1.82) is 5.26 Å². The van der Waals surface area contributed by atoms with E-state index in [4.69, 9.17) is 0 Å². The summed E-state index contributed by atoms with van der Waals surface area (Å²) in [6, 6.07) is 12.3. The zero-order valence-corrected chi connectivity index (χ0v) is 15.3. The first-order chi connectivity index (χ1) is 13.8. The second kappa shape index (κ2) is 6.58. The molecule has 5 aromatic rings. The molecule has 1 aromatic carbocycles. The minimum Gasteiger partial charge on any atom is -0.361 e. The van der Waals surface area contributed by atoms with Gasteiger partial charge in [0.2, 0.25) is 0 Å². The van der Waals surface area contributed by atoms with Crippen molar-refractivity contribution in [2.75, 3.05) is 5.32 Å². The molecule has 0 unspecified atom stereocenters. The van der Waals surface area contributed by atoms with Gasteiger partial charge in [-0.3, -0.25) is 5.10 Å². The lowest BCUT2D eigenvalue weighted by atomic mass is 10.1. The smallest absolute Gasteiger partial charge is 0.126 e. The molecule has 3 N–H and O–H groups in total. The zero-order chi connectivity index (χ0) is 18.9. The van der Waals surface area contributed by atoms with Crippen molar-refractivity contribution >= 4 is 43.8 Å². The van der Waals surface area contributed by atoms with Crippen molar-refractivity contribution in [2.24, 2.45) is 0 Å². The van der Waals surface area contributed by atoms with E-state index in [2.05, 4.69) is 43.4 Å². The molecule has 28 heavy (non-hydrogen) atoms. The van der Waals surface area contributed by atoms with Crippen LogP contribution in [0.4, 0.5) is 11.4 Å². The summed E-state index contributed by atoms with van der Waals surface area (Å²) in [6.07, 6.45) is 6.93. The van der Waals surface area contributed by atoms with E-state index in [0.29, 0.717) is 5.56 Å². The van der Waals surface area contributed by atoms with Crippen molar-refractivity contribution in [3.05, 3.63) is 71.1 Å². The lowest BCUT2D eigenvalue weighted by molar-refractivity contribution is 1.09. The fraction of sp³-hybridized carbons (Fsp3) is 0. The summed E-state index contributed by atoms with van der Waals surface area (Å²) in [5.41, 5.74) is 4.04. The summed E-state index contributed by atoms with van der Waals surface area (Å²) in [6.45, 7) is 0. The number of aromatic amines is 2. The normalized spacial score (nSPS) is 10.5. The number of nitriles is 1. The maximum absolute atomic E-state index is 9.56. The number of thiophene rings is 1. The van der Waals surface area contributed by atoms with E-state index in [1.165, 1.54) is 11.3 Å². The van der Waals surface area contributed by atoms with Crippen LogP contribution in [0.25, 0.3) is 21.1 Å². The second-order valence-corrected chi connectivity index (χ2v) is 7.16. The van der Waals surface area contributed by atoms with Crippen molar-refractivity contribution in [2.45, 2.75) is 0 Å². The molecule has 0 aliphatic carbocycles. The van der Waals surface area contributed by atoms with Crippen LogP contribution in [0.2, 0.25) is 0 Å². The van der Waals surface area contributed by atoms with E-state index in [1.807, 2.05) is 36.5 Å². The predicted octanol–water partition coefficient (Wildman–Crippen LogP) is 4.52. The summed E-state index contributed by atoms with van der Waals surface area (Å²) in [4.78, 5) is 9.32. The Kier molecular flexibility index (Phi) is 3.79. The molecule has 0 spiro atoms. The van der Waals surface area contributed by atoms with Crippen LogP contribution in [-0.4, -0.2) is 20.2 Å². The highest BCUT2D eigenvalue weighted by Crippen LogP contribution is 2.34. The summed E-state index contributed by atoms with van der Waals surface area (Å²) in [7, 11) is 0. The van der Waals surface area contributed by atoms with Gasteiger partial charge in [0.25, 0.3) is 0 Å². The molecule has 0 saturated heterocycles. The van der Waals surface area contributed by atoms with Gasteiger partial charge in [-0.1, -0.05) is 11.8 Å². The van der Waals surface area contributed by atoms with Gasteiger partial charge >= 0.3 is 0 Å². The van der Waals surface area contributed by atoms with Gasteiger partial charge in [-0.15, -0.1) is 11.3 Å². The molecule has 0 radical (unpaired) electrons. The summed E-state index contributed by atoms with van der Waals surface area (Å²) < 4.78 is 0. The molecular weight excluding hydrogens is 368 g/mol. The lowest BCUT2D eigenvalue weighted by Crippen LogP contribution is -1.95. The van der Waals surface area contributed by atoms with Gasteiger partial charge in [0.05, 0.1) is 27.9 Å². The minimum absolute atomic E-state index is 0.494. The highest BCUT2D eigenvalue weighted by atomic mass is 32.1. The monoisotopic (exact) mass is 380 g/mol. The number of nitrogens with one attached hydrogen (secondary N) is 3. The van der Waals surface area contributed by atoms with Gasteiger partial charge in [-0.25, -0.2) is 4.98 Å². The molecule has 0 atom stereocenters. The number of nitrogens with zero attached hydrogens (tertiary/aromatic N) is 3. The number of H-pyrrole nitrogens is 2. The molecule has 4 heterocycles. The second-order valence-electron chi connectivity index (χ2n) is 6.13. The maximum atomic E-state index is 9.56. The Hall–Kier alpha value is -4.07. The van der Waals surface area contributed by atoms with Gasteiger partial charge in [-0.2, -0.15) is 10.4 Å². The summed E-state index contributed by atoms with van der Waals surface area (Å²) >= 11 is 1.50. The van der Waals surface area contributed by atoms with Crippen molar-refractivity contribution < 1.29 is 0 Å². The first-order valence-corrected chi connectivity index (χ1v) is 9.29. The van der Waals surface area contributed by atoms with Gasteiger partial charge < -0.3 is 10.3 Å². The van der Waals surface area contributed by atoms with Crippen molar-refractivity contribution in [1.82, 2.24) is 20.2 Å². The number of pyridine rings is 1. The first kappa shape index (κ1) is 16.1. The van der Waals surface area contributed by atoms with Crippen LogP contribution in [-0.2, 0) is 0 Å². The molecule has 6 nitrogen and oxygen atoms in total. The highest BCUT2D eigenvalue weighted by Gasteiger charge is 2.12. The molecule has 0 aliphatic heterocycles. The third kappa shape index (κ3) is 2.86. The van der Waals surface area contributed by atoms with Crippen LogP contribution >= 0.6 is 11.3 Å². The molecule has 0 fully saturated rings. The quantitative estimate of drug-likeness (QED) is 0.393. The van der Waals surface area contributed by atoms with E-state index in [-0.39, 0.29) is 0 Å².